The van der Waals surface area contributed by atoms with Gasteiger partial charge in [-0.05, 0) is 42.0 Å². The van der Waals surface area contributed by atoms with Crippen molar-refractivity contribution in [3.05, 3.63) is 99.2 Å². The van der Waals surface area contributed by atoms with Crippen LogP contribution in [0.1, 0.15) is 15.9 Å². The van der Waals surface area contributed by atoms with Gasteiger partial charge in [-0.3, -0.25) is 9.59 Å². The first-order valence-electron chi connectivity index (χ1n) is 9.02. The highest BCUT2D eigenvalue weighted by Crippen LogP contribution is 2.16. The van der Waals surface area contributed by atoms with E-state index in [-0.39, 0.29) is 30.4 Å². The molecule has 5 nitrogen and oxygen atoms in total. The molecule has 1 amide bonds. The number of benzene rings is 2. The van der Waals surface area contributed by atoms with Crippen molar-refractivity contribution >= 4 is 17.5 Å². The number of halogens is 2. The smallest absolute Gasteiger partial charge is 0.255 e. The van der Waals surface area contributed by atoms with Gasteiger partial charge >= 0.3 is 0 Å². The van der Waals surface area contributed by atoms with E-state index in [1.54, 1.807) is 13.1 Å². The Hall–Kier alpha value is -3.12. The zero-order valence-corrected chi connectivity index (χ0v) is 16.6. The minimum atomic E-state index is -0.337. The molecule has 0 saturated carbocycles. The highest BCUT2D eigenvalue weighted by atomic mass is 35.5. The quantitative estimate of drug-likeness (QED) is 0.590. The second-order valence-electron chi connectivity index (χ2n) is 6.50. The Kier molecular flexibility index (Phi) is 6.67. The van der Waals surface area contributed by atoms with E-state index in [1.165, 1.54) is 52.1 Å². The summed E-state index contributed by atoms with van der Waals surface area (Å²) < 4.78 is 19.9. The predicted octanol–water partition coefficient (Wildman–Crippen LogP) is 3.84. The molecule has 29 heavy (non-hydrogen) atoms. The van der Waals surface area contributed by atoms with Gasteiger partial charge in [0, 0.05) is 24.3 Å². The zero-order chi connectivity index (χ0) is 20.8. The lowest BCUT2D eigenvalue weighted by atomic mass is 10.2. The van der Waals surface area contributed by atoms with Crippen molar-refractivity contribution in [2.24, 2.45) is 0 Å². The summed E-state index contributed by atoms with van der Waals surface area (Å²) in [6, 6.07) is 15.8. The molecule has 0 bridgehead atoms. The molecule has 7 heteroatoms. The van der Waals surface area contributed by atoms with Gasteiger partial charge in [-0.25, -0.2) is 4.39 Å². The molecule has 3 aromatic rings. The number of aromatic nitrogens is 1. The fraction of sp³-hybridized carbons (Fsp3) is 0.182. The van der Waals surface area contributed by atoms with Crippen molar-refractivity contribution < 1.29 is 13.9 Å². The topological polar surface area (TPSA) is 51.5 Å². The van der Waals surface area contributed by atoms with Crippen LogP contribution in [0.4, 0.5) is 4.39 Å². The number of nitrogens with zero attached hydrogens (tertiary/aromatic N) is 2. The average molecular weight is 415 g/mol. The maximum Gasteiger partial charge on any atom is 0.255 e. The maximum atomic E-state index is 12.9. The van der Waals surface area contributed by atoms with E-state index < -0.39 is 0 Å². The number of rotatable bonds is 7. The Morgan fingerprint density at radius 2 is 1.83 bits per heavy atom. The van der Waals surface area contributed by atoms with Gasteiger partial charge in [0.05, 0.1) is 18.7 Å². The molecule has 1 aromatic heterocycles. The number of hydrogen-bond acceptors (Lipinski definition) is 3. The third kappa shape index (κ3) is 5.45. The van der Waals surface area contributed by atoms with Gasteiger partial charge in [-0.1, -0.05) is 29.8 Å². The normalized spacial score (nSPS) is 10.6. The first-order chi connectivity index (χ1) is 13.9. The second kappa shape index (κ2) is 9.39. The molecule has 3 rings (SSSR count). The van der Waals surface area contributed by atoms with Crippen LogP contribution in [0.15, 0.2) is 71.7 Å². The second-order valence-corrected chi connectivity index (χ2v) is 6.91. The minimum Gasteiger partial charge on any atom is -0.492 e. The Morgan fingerprint density at radius 1 is 1.10 bits per heavy atom. The van der Waals surface area contributed by atoms with Crippen molar-refractivity contribution in [3.8, 4) is 5.75 Å². The molecule has 0 unspecified atom stereocenters. The molecular formula is C22H20ClFN2O3. The van der Waals surface area contributed by atoms with Crippen molar-refractivity contribution in [2.75, 3.05) is 20.2 Å². The number of hydrogen-bond donors (Lipinski definition) is 0. The molecule has 2 aromatic carbocycles. The van der Waals surface area contributed by atoms with Crippen LogP contribution in [0.2, 0.25) is 5.02 Å². The van der Waals surface area contributed by atoms with Gasteiger partial charge in [0.15, 0.2) is 0 Å². The summed E-state index contributed by atoms with van der Waals surface area (Å²) in [4.78, 5) is 26.4. The van der Waals surface area contributed by atoms with Crippen LogP contribution in [0.5, 0.6) is 5.75 Å². The summed E-state index contributed by atoms with van der Waals surface area (Å²) >= 11 is 6.17. The molecular weight excluding hydrogens is 395 g/mol. The van der Waals surface area contributed by atoms with E-state index in [2.05, 4.69) is 0 Å². The number of pyridine rings is 1. The lowest BCUT2D eigenvalue weighted by molar-refractivity contribution is 0.0773. The van der Waals surface area contributed by atoms with Crippen LogP contribution in [-0.2, 0) is 6.54 Å². The molecule has 0 radical (unpaired) electrons. The van der Waals surface area contributed by atoms with E-state index in [4.69, 9.17) is 16.3 Å². The summed E-state index contributed by atoms with van der Waals surface area (Å²) in [5.74, 6) is -0.0438. The molecule has 0 spiro atoms. The molecule has 150 valence electrons. The van der Waals surface area contributed by atoms with E-state index in [1.807, 2.05) is 18.2 Å². The summed E-state index contributed by atoms with van der Waals surface area (Å²) in [5.41, 5.74) is 0.964. The van der Waals surface area contributed by atoms with Gasteiger partial charge < -0.3 is 14.2 Å². The summed E-state index contributed by atoms with van der Waals surface area (Å²) in [7, 11) is 1.65. The van der Waals surface area contributed by atoms with Crippen LogP contribution < -0.4 is 10.3 Å². The van der Waals surface area contributed by atoms with Crippen molar-refractivity contribution in [1.29, 1.82) is 0 Å². The SMILES string of the molecule is CN(CCOc1ccc(F)cc1)C(=O)c1ccc(=O)n(Cc2ccccc2Cl)c1. The summed E-state index contributed by atoms with van der Waals surface area (Å²) in [5, 5.41) is 0.561. The molecule has 0 N–H and O–H groups in total. The Labute approximate surface area is 172 Å². The van der Waals surface area contributed by atoms with Crippen molar-refractivity contribution in [1.82, 2.24) is 9.47 Å². The van der Waals surface area contributed by atoms with Crippen LogP contribution in [0.25, 0.3) is 0 Å². The molecule has 0 fully saturated rings. The van der Waals surface area contributed by atoms with E-state index in [0.717, 1.165) is 5.56 Å². The van der Waals surface area contributed by atoms with Gasteiger partial charge in [0.2, 0.25) is 0 Å². The van der Waals surface area contributed by atoms with Crippen molar-refractivity contribution in [2.45, 2.75) is 6.54 Å². The lowest BCUT2D eigenvalue weighted by Gasteiger charge is -2.18. The van der Waals surface area contributed by atoms with Gasteiger partial charge in [0.25, 0.3) is 11.5 Å². The van der Waals surface area contributed by atoms with Crippen LogP contribution in [0.3, 0.4) is 0 Å². The summed E-state index contributed by atoms with van der Waals surface area (Å²) in [6.45, 7) is 0.865. The third-order valence-corrected chi connectivity index (χ3v) is 4.75. The number of carbonyl (C=O) groups excluding carboxylic acids is 1. The van der Waals surface area contributed by atoms with E-state index in [0.29, 0.717) is 22.9 Å². The van der Waals surface area contributed by atoms with Gasteiger partial charge in [0.1, 0.15) is 18.2 Å². The van der Waals surface area contributed by atoms with Crippen LogP contribution >= 0.6 is 11.6 Å². The number of ether oxygens (including phenoxy) is 1. The largest absolute Gasteiger partial charge is 0.492 e. The zero-order valence-electron chi connectivity index (χ0n) is 15.8. The standard InChI is InChI=1S/C22H20ClFN2O3/c1-25(12-13-29-19-9-7-18(24)8-10-19)22(28)17-6-11-21(27)26(15-17)14-16-4-2-3-5-20(16)23/h2-11,15H,12-14H2,1H3. The Bertz CT molecular complexity index is 1050. The summed E-state index contributed by atoms with van der Waals surface area (Å²) in [6.07, 6.45) is 1.53. The molecule has 1 heterocycles. The monoisotopic (exact) mass is 414 g/mol. The number of amides is 1. The first-order valence-corrected chi connectivity index (χ1v) is 9.39. The molecule has 0 aliphatic rings. The fourth-order valence-corrected chi connectivity index (χ4v) is 2.94. The lowest BCUT2D eigenvalue weighted by Crippen LogP contribution is -2.32. The number of likely N-dealkylation sites (N-methyl/N-ethyl adjacent to an activating group) is 1. The number of carbonyl (C=O) groups is 1. The van der Waals surface area contributed by atoms with Crippen LogP contribution in [0, 0.1) is 5.82 Å². The average Bonchev–Trinajstić information content (AvgIpc) is 2.72. The minimum absolute atomic E-state index is 0.219. The fourth-order valence-electron chi connectivity index (χ4n) is 2.74. The van der Waals surface area contributed by atoms with Crippen LogP contribution in [-0.4, -0.2) is 35.6 Å². The Morgan fingerprint density at radius 3 is 2.55 bits per heavy atom. The van der Waals surface area contributed by atoms with E-state index >= 15 is 0 Å². The maximum absolute atomic E-state index is 12.9. The van der Waals surface area contributed by atoms with Gasteiger partial charge in [-0.15, -0.1) is 0 Å². The molecule has 0 aliphatic carbocycles. The first kappa shape index (κ1) is 20.6. The van der Waals surface area contributed by atoms with E-state index in [9.17, 15) is 14.0 Å². The van der Waals surface area contributed by atoms with Crippen molar-refractivity contribution in [3.63, 3.8) is 0 Å². The third-order valence-electron chi connectivity index (χ3n) is 4.38. The highest BCUT2D eigenvalue weighted by Gasteiger charge is 2.13. The predicted molar refractivity (Wildman–Crippen MR) is 110 cm³/mol. The molecule has 0 saturated heterocycles. The van der Waals surface area contributed by atoms with Gasteiger partial charge in [-0.2, -0.15) is 0 Å². The Balaban J connectivity index is 1.64. The molecule has 0 aliphatic heterocycles. The molecule has 0 atom stereocenters. The highest BCUT2D eigenvalue weighted by molar-refractivity contribution is 6.31.